The second-order valence-electron chi connectivity index (χ2n) is 7.35. The Morgan fingerprint density at radius 1 is 1.08 bits per heavy atom. The first-order valence-electron chi connectivity index (χ1n) is 8.79. The summed E-state index contributed by atoms with van der Waals surface area (Å²) >= 11 is 0. The van der Waals surface area contributed by atoms with Gasteiger partial charge >= 0.3 is 0 Å². The molecule has 0 amide bonds. The van der Waals surface area contributed by atoms with Crippen molar-refractivity contribution in [2.45, 2.75) is 30.7 Å². The molecule has 134 valence electrons. The Morgan fingerprint density at radius 3 is 2.48 bits per heavy atom. The molecular weight excluding hydrogens is 318 g/mol. The number of rotatable bonds is 3. The van der Waals surface area contributed by atoms with E-state index in [-0.39, 0.29) is 17.1 Å². The molecule has 0 saturated carbocycles. The van der Waals surface area contributed by atoms with Gasteiger partial charge in [-0.15, -0.1) is 0 Å². The van der Waals surface area contributed by atoms with Crippen LogP contribution in [0.4, 0.5) is 0 Å². The van der Waals surface area contributed by atoms with E-state index in [4.69, 9.17) is 14.2 Å². The maximum Gasteiger partial charge on any atom is 0.197 e. The smallest absolute Gasteiger partial charge is 0.197 e. The molecular formula is C20H25NO4. The van der Waals surface area contributed by atoms with Crippen molar-refractivity contribution in [1.29, 1.82) is 0 Å². The molecule has 2 aliphatic carbocycles. The standard InChI is InChI=1S/C20H25NO4/c1-21-6-5-20-11-19(25-4)16(22)9-14(20)15(21)7-12-8-17(23-2)18(24-3)10-13(12)20/h8,10-11,14-15H,5-7,9H2,1-4H3/t14-,15+,20+/m0/s1. The van der Waals surface area contributed by atoms with Gasteiger partial charge in [0, 0.05) is 17.9 Å². The van der Waals surface area contributed by atoms with Crippen molar-refractivity contribution in [3.8, 4) is 11.5 Å². The lowest BCUT2D eigenvalue weighted by molar-refractivity contribution is -0.122. The van der Waals surface area contributed by atoms with E-state index in [9.17, 15) is 4.79 Å². The largest absolute Gasteiger partial charge is 0.493 e. The van der Waals surface area contributed by atoms with Crippen LogP contribution >= 0.6 is 0 Å². The first-order chi connectivity index (χ1) is 12.0. The summed E-state index contributed by atoms with van der Waals surface area (Å²) in [5.74, 6) is 2.41. The van der Waals surface area contributed by atoms with Gasteiger partial charge in [-0.3, -0.25) is 4.79 Å². The van der Waals surface area contributed by atoms with Gasteiger partial charge in [0.2, 0.25) is 0 Å². The number of methoxy groups -OCH3 is 3. The van der Waals surface area contributed by atoms with Crippen LogP contribution in [0.2, 0.25) is 0 Å². The summed E-state index contributed by atoms with van der Waals surface area (Å²) in [4.78, 5) is 14.9. The number of Topliss-reactive ketones (excluding diaryl/α,β-unsaturated/α-hetero) is 1. The topological polar surface area (TPSA) is 48.0 Å². The minimum atomic E-state index is -0.163. The van der Waals surface area contributed by atoms with Crippen LogP contribution in [0.1, 0.15) is 24.0 Å². The molecule has 0 radical (unpaired) electrons. The molecule has 1 heterocycles. The van der Waals surface area contributed by atoms with Gasteiger partial charge in [0.05, 0.1) is 21.3 Å². The summed E-state index contributed by atoms with van der Waals surface area (Å²) in [5, 5.41) is 0. The van der Waals surface area contributed by atoms with E-state index < -0.39 is 0 Å². The average Bonchev–Trinajstić information content (AvgIpc) is 2.63. The highest BCUT2D eigenvalue weighted by atomic mass is 16.5. The number of allylic oxidation sites excluding steroid dienone is 2. The SMILES string of the molecule is COC1=C[C@]23CCN(C)[C@H](Cc4cc(OC)c(OC)cc42)[C@@H]3CC1=O. The van der Waals surface area contributed by atoms with Crippen molar-refractivity contribution in [2.24, 2.45) is 5.92 Å². The molecule has 5 heteroatoms. The number of carbonyl (C=O) groups is 1. The number of fused-ring (bicyclic) bond motifs is 1. The van der Waals surface area contributed by atoms with Crippen LogP contribution in [-0.4, -0.2) is 51.6 Å². The molecule has 0 N–H and O–H groups in total. The number of piperidine rings is 1. The van der Waals surface area contributed by atoms with E-state index in [2.05, 4.69) is 30.2 Å². The van der Waals surface area contributed by atoms with Crippen molar-refractivity contribution >= 4 is 5.78 Å². The Kier molecular flexibility index (Phi) is 3.80. The molecule has 0 aromatic heterocycles. The van der Waals surface area contributed by atoms with Gasteiger partial charge in [-0.1, -0.05) is 0 Å². The summed E-state index contributed by atoms with van der Waals surface area (Å²) < 4.78 is 16.5. The molecule has 1 fully saturated rings. The number of likely N-dealkylation sites (tertiary alicyclic amines) is 1. The highest BCUT2D eigenvalue weighted by Crippen LogP contribution is 2.55. The molecule has 25 heavy (non-hydrogen) atoms. The molecule has 1 aromatic rings. The number of ether oxygens (including phenoxy) is 3. The van der Waals surface area contributed by atoms with E-state index in [0.717, 1.165) is 30.9 Å². The van der Waals surface area contributed by atoms with Crippen LogP contribution in [0.15, 0.2) is 24.0 Å². The maximum atomic E-state index is 12.5. The van der Waals surface area contributed by atoms with Crippen molar-refractivity contribution in [1.82, 2.24) is 4.90 Å². The third kappa shape index (κ3) is 2.21. The quantitative estimate of drug-likeness (QED) is 0.843. The Bertz CT molecular complexity index is 756. The van der Waals surface area contributed by atoms with E-state index in [0.29, 0.717) is 18.2 Å². The Labute approximate surface area is 148 Å². The summed E-state index contributed by atoms with van der Waals surface area (Å²) in [6, 6.07) is 4.58. The summed E-state index contributed by atoms with van der Waals surface area (Å²) in [5.41, 5.74) is 2.39. The third-order valence-electron chi connectivity index (χ3n) is 6.40. The van der Waals surface area contributed by atoms with Crippen LogP contribution in [0, 0.1) is 5.92 Å². The number of hydrogen-bond donors (Lipinski definition) is 0. The summed E-state index contributed by atoms with van der Waals surface area (Å²) in [6.45, 7) is 1.01. The number of ketones is 1. The number of likely N-dealkylation sites (N-methyl/N-ethyl adjacent to an activating group) is 1. The second kappa shape index (κ2) is 5.77. The normalized spacial score (nSPS) is 30.9. The van der Waals surface area contributed by atoms with Crippen LogP contribution < -0.4 is 9.47 Å². The Morgan fingerprint density at radius 2 is 1.80 bits per heavy atom. The highest BCUT2D eigenvalue weighted by molar-refractivity contribution is 5.95. The maximum absolute atomic E-state index is 12.5. The van der Waals surface area contributed by atoms with Crippen molar-refractivity contribution in [3.63, 3.8) is 0 Å². The van der Waals surface area contributed by atoms with Crippen molar-refractivity contribution in [2.75, 3.05) is 34.9 Å². The number of hydrogen-bond acceptors (Lipinski definition) is 5. The zero-order valence-electron chi connectivity index (χ0n) is 15.3. The van der Waals surface area contributed by atoms with E-state index in [1.54, 1.807) is 21.3 Å². The molecule has 5 nitrogen and oxygen atoms in total. The van der Waals surface area contributed by atoms with Crippen molar-refractivity contribution < 1.29 is 19.0 Å². The minimum absolute atomic E-state index is 0.118. The van der Waals surface area contributed by atoms with Gasteiger partial charge in [0.25, 0.3) is 0 Å². The van der Waals surface area contributed by atoms with Crippen LogP contribution in [0.3, 0.4) is 0 Å². The lowest BCUT2D eigenvalue weighted by atomic mass is 9.54. The van der Waals surface area contributed by atoms with Gasteiger partial charge in [-0.25, -0.2) is 0 Å². The third-order valence-corrected chi connectivity index (χ3v) is 6.40. The molecule has 3 aliphatic rings. The van der Waals surface area contributed by atoms with Gasteiger partial charge < -0.3 is 19.1 Å². The zero-order chi connectivity index (χ0) is 17.8. The number of carbonyl (C=O) groups excluding carboxylic acids is 1. The Hall–Kier alpha value is -2.01. The van der Waals surface area contributed by atoms with Crippen LogP contribution in [-0.2, 0) is 21.4 Å². The van der Waals surface area contributed by atoms with Gasteiger partial charge in [-0.05, 0) is 61.7 Å². The van der Waals surface area contributed by atoms with Gasteiger partial charge in [0.15, 0.2) is 23.0 Å². The van der Waals surface area contributed by atoms with Gasteiger partial charge in [-0.2, -0.15) is 0 Å². The fraction of sp³-hybridized carbons (Fsp3) is 0.550. The molecule has 2 bridgehead atoms. The fourth-order valence-corrected chi connectivity index (χ4v) is 5.11. The van der Waals surface area contributed by atoms with E-state index in [1.807, 2.05) is 0 Å². The fourth-order valence-electron chi connectivity index (χ4n) is 5.11. The van der Waals surface area contributed by atoms with Crippen LogP contribution in [0.25, 0.3) is 0 Å². The average molecular weight is 343 g/mol. The number of benzene rings is 1. The molecule has 4 rings (SSSR count). The molecule has 0 spiro atoms. The molecule has 0 unspecified atom stereocenters. The molecule has 1 aromatic carbocycles. The highest BCUT2D eigenvalue weighted by Gasteiger charge is 2.55. The molecule has 1 saturated heterocycles. The second-order valence-corrected chi connectivity index (χ2v) is 7.35. The first-order valence-corrected chi connectivity index (χ1v) is 8.79. The minimum Gasteiger partial charge on any atom is -0.493 e. The lowest BCUT2D eigenvalue weighted by Gasteiger charge is -2.56. The molecule has 3 atom stereocenters. The summed E-state index contributed by atoms with van der Waals surface area (Å²) in [6.07, 6.45) is 4.55. The number of nitrogens with zero attached hydrogens (tertiary/aromatic N) is 1. The lowest BCUT2D eigenvalue weighted by Crippen LogP contribution is -2.60. The van der Waals surface area contributed by atoms with E-state index >= 15 is 0 Å². The zero-order valence-corrected chi connectivity index (χ0v) is 15.3. The van der Waals surface area contributed by atoms with E-state index in [1.165, 1.54) is 11.1 Å². The monoisotopic (exact) mass is 343 g/mol. The van der Waals surface area contributed by atoms with Crippen LogP contribution in [0.5, 0.6) is 11.5 Å². The van der Waals surface area contributed by atoms with Crippen molar-refractivity contribution in [3.05, 3.63) is 35.1 Å². The van der Waals surface area contributed by atoms with Gasteiger partial charge in [0.1, 0.15) is 0 Å². The Balaban J connectivity index is 1.96. The molecule has 1 aliphatic heterocycles. The first kappa shape index (κ1) is 16.5. The predicted molar refractivity (Wildman–Crippen MR) is 94.2 cm³/mol. The summed E-state index contributed by atoms with van der Waals surface area (Å²) in [7, 11) is 7.09. The predicted octanol–water partition coefficient (Wildman–Crippen LogP) is 2.32.